The lowest BCUT2D eigenvalue weighted by molar-refractivity contribution is 0.369. The van der Waals surface area contributed by atoms with Crippen LogP contribution in [0, 0.1) is 13.8 Å². The third-order valence-electron chi connectivity index (χ3n) is 3.80. The normalized spacial score (nSPS) is 12.2. The van der Waals surface area contributed by atoms with E-state index in [9.17, 15) is 5.11 Å². The molecular weight excluding hydrogens is 262 g/mol. The summed E-state index contributed by atoms with van der Waals surface area (Å²) in [6.07, 6.45) is 0. The standard InChI is InChI=1S/C18H23NO2/c1-12-8-9-13(2)16(10-12)14(3)19-11-15-6-5-7-17(21-4)18(15)20/h5-10,14,19-20H,11H2,1-4H3. The number of hydrogen-bond donors (Lipinski definition) is 2. The van der Waals surface area contributed by atoms with Gasteiger partial charge in [0.2, 0.25) is 0 Å². The summed E-state index contributed by atoms with van der Waals surface area (Å²) in [5.41, 5.74) is 4.66. The molecule has 0 spiro atoms. The maximum Gasteiger partial charge on any atom is 0.162 e. The van der Waals surface area contributed by atoms with Gasteiger partial charge < -0.3 is 15.2 Å². The Hall–Kier alpha value is -2.00. The second-order valence-corrected chi connectivity index (χ2v) is 5.43. The molecule has 0 aromatic heterocycles. The molecule has 0 saturated heterocycles. The highest BCUT2D eigenvalue weighted by Gasteiger charge is 2.11. The molecule has 21 heavy (non-hydrogen) atoms. The van der Waals surface area contributed by atoms with Crippen molar-refractivity contribution >= 4 is 0 Å². The summed E-state index contributed by atoms with van der Waals surface area (Å²) in [6, 6.07) is 12.2. The van der Waals surface area contributed by atoms with Gasteiger partial charge in [-0.3, -0.25) is 0 Å². The average Bonchev–Trinajstić information content (AvgIpc) is 2.48. The number of phenolic OH excluding ortho intramolecular Hbond substituents is 1. The third-order valence-corrected chi connectivity index (χ3v) is 3.80. The number of ether oxygens (including phenoxy) is 1. The Bertz CT molecular complexity index is 623. The van der Waals surface area contributed by atoms with E-state index >= 15 is 0 Å². The first kappa shape index (κ1) is 15.4. The number of aromatic hydroxyl groups is 1. The van der Waals surface area contributed by atoms with Gasteiger partial charge in [0.1, 0.15) is 0 Å². The zero-order valence-electron chi connectivity index (χ0n) is 13.1. The zero-order chi connectivity index (χ0) is 15.4. The quantitative estimate of drug-likeness (QED) is 0.876. The molecule has 0 aliphatic carbocycles. The van der Waals surface area contributed by atoms with Crippen LogP contribution in [0.5, 0.6) is 11.5 Å². The van der Waals surface area contributed by atoms with Gasteiger partial charge in [-0.2, -0.15) is 0 Å². The molecule has 0 bridgehead atoms. The number of benzene rings is 2. The van der Waals surface area contributed by atoms with Crippen molar-refractivity contribution in [2.45, 2.75) is 33.4 Å². The molecule has 0 aliphatic rings. The second-order valence-electron chi connectivity index (χ2n) is 5.43. The molecule has 1 unspecified atom stereocenters. The van der Waals surface area contributed by atoms with Crippen LogP contribution < -0.4 is 10.1 Å². The minimum atomic E-state index is 0.209. The Morgan fingerprint density at radius 3 is 2.67 bits per heavy atom. The van der Waals surface area contributed by atoms with E-state index in [0.29, 0.717) is 12.3 Å². The maximum absolute atomic E-state index is 10.1. The minimum Gasteiger partial charge on any atom is -0.504 e. The Morgan fingerprint density at radius 2 is 1.95 bits per heavy atom. The van der Waals surface area contributed by atoms with Crippen molar-refractivity contribution in [3.63, 3.8) is 0 Å². The van der Waals surface area contributed by atoms with Gasteiger partial charge in [0.25, 0.3) is 0 Å². The summed E-state index contributed by atoms with van der Waals surface area (Å²) < 4.78 is 5.13. The molecule has 1 atom stereocenters. The SMILES string of the molecule is COc1cccc(CNC(C)c2cc(C)ccc2C)c1O. The van der Waals surface area contributed by atoms with E-state index in [1.54, 1.807) is 13.2 Å². The van der Waals surface area contributed by atoms with Gasteiger partial charge in [0, 0.05) is 18.2 Å². The first-order valence-corrected chi connectivity index (χ1v) is 7.18. The van der Waals surface area contributed by atoms with E-state index in [2.05, 4.69) is 44.3 Å². The third kappa shape index (κ3) is 3.56. The van der Waals surface area contributed by atoms with Crippen LogP contribution in [-0.2, 0) is 6.54 Å². The van der Waals surface area contributed by atoms with E-state index in [4.69, 9.17) is 4.74 Å². The Balaban J connectivity index is 2.11. The fraction of sp³-hybridized carbons (Fsp3) is 0.333. The molecular formula is C18H23NO2. The summed E-state index contributed by atoms with van der Waals surface area (Å²) in [6.45, 7) is 6.95. The van der Waals surface area contributed by atoms with E-state index in [1.165, 1.54) is 16.7 Å². The molecule has 0 fully saturated rings. The number of para-hydroxylation sites is 1. The van der Waals surface area contributed by atoms with E-state index in [1.807, 2.05) is 12.1 Å². The maximum atomic E-state index is 10.1. The molecule has 2 rings (SSSR count). The van der Waals surface area contributed by atoms with Gasteiger partial charge in [-0.25, -0.2) is 0 Å². The van der Waals surface area contributed by atoms with Crippen molar-refractivity contribution in [1.29, 1.82) is 0 Å². The van der Waals surface area contributed by atoms with E-state index in [-0.39, 0.29) is 11.8 Å². The first-order chi connectivity index (χ1) is 10.0. The van der Waals surface area contributed by atoms with Gasteiger partial charge in [0.05, 0.1) is 7.11 Å². The van der Waals surface area contributed by atoms with E-state index in [0.717, 1.165) is 5.56 Å². The van der Waals surface area contributed by atoms with Crippen molar-refractivity contribution in [1.82, 2.24) is 5.32 Å². The predicted octanol–water partition coefficient (Wildman–Crippen LogP) is 3.87. The van der Waals surface area contributed by atoms with Crippen LogP contribution in [0.1, 0.15) is 35.2 Å². The lowest BCUT2D eigenvalue weighted by Gasteiger charge is -2.18. The lowest BCUT2D eigenvalue weighted by atomic mass is 10.00. The summed E-state index contributed by atoms with van der Waals surface area (Å²) in [4.78, 5) is 0. The van der Waals surface area contributed by atoms with Crippen molar-refractivity contribution in [3.05, 3.63) is 58.7 Å². The molecule has 112 valence electrons. The van der Waals surface area contributed by atoms with Crippen molar-refractivity contribution in [2.24, 2.45) is 0 Å². The number of methoxy groups -OCH3 is 1. The average molecular weight is 285 g/mol. The number of aryl methyl sites for hydroxylation is 2. The van der Waals surface area contributed by atoms with Crippen LogP contribution >= 0.6 is 0 Å². The van der Waals surface area contributed by atoms with Crippen LogP contribution in [0.4, 0.5) is 0 Å². The van der Waals surface area contributed by atoms with Crippen LogP contribution in [0.15, 0.2) is 36.4 Å². The summed E-state index contributed by atoms with van der Waals surface area (Å²) in [7, 11) is 1.56. The number of nitrogens with one attached hydrogen (secondary N) is 1. The first-order valence-electron chi connectivity index (χ1n) is 7.18. The minimum absolute atomic E-state index is 0.209. The Morgan fingerprint density at radius 1 is 1.19 bits per heavy atom. The molecule has 0 aliphatic heterocycles. The Kier molecular flexibility index (Phi) is 4.86. The number of hydrogen-bond acceptors (Lipinski definition) is 3. The van der Waals surface area contributed by atoms with Gasteiger partial charge in [-0.15, -0.1) is 0 Å². The molecule has 3 heteroatoms. The fourth-order valence-electron chi connectivity index (χ4n) is 2.47. The van der Waals surface area contributed by atoms with Crippen molar-refractivity contribution in [2.75, 3.05) is 7.11 Å². The highest BCUT2D eigenvalue weighted by Crippen LogP contribution is 2.29. The van der Waals surface area contributed by atoms with Gasteiger partial charge in [0.15, 0.2) is 11.5 Å². The smallest absolute Gasteiger partial charge is 0.162 e. The molecule has 0 saturated carbocycles. The number of rotatable bonds is 5. The van der Waals surface area contributed by atoms with Gasteiger partial charge in [-0.1, -0.05) is 35.9 Å². The molecule has 2 aromatic carbocycles. The predicted molar refractivity (Wildman–Crippen MR) is 85.8 cm³/mol. The molecule has 0 heterocycles. The fourth-order valence-corrected chi connectivity index (χ4v) is 2.47. The highest BCUT2D eigenvalue weighted by atomic mass is 16.5. The van der Waals surface area contributed by atoms with Crippen LogP contribution in [0.2, 0.25) is 0 Å². The molecule has 2 N–H and O–H groups in total. The van der Waals surface area contributed by atoms with Gasteiger partial charge >= 0.3 is 0 Å². The summed E-state index contributed by atoms with van der Waals surface area (Å²) in [5, 5.41) is 13.6. The summed E-state index contributed by atoms with van der Waals surface area (Å²) in [5.74, 6) is 0.717. The van der Waals surface area contributed by atoms with Crippen LogP contribution in [0.3, 0.4) is 0 Å². The number of phenols is 1. The molecule has 2 aromatic rings. The largest absolute Gasteiger partial charge is 0.504 e. The van der Waals surface area contributed by atoms with Crippen LogP contribution in [-0.4, -0.2) is 12.2 Å². The Labute approximate surface area is 126 Å². The molecule has 3 nitrogen and oxygen atoms in total. The van der Waals surface area contributed by atoms with Crippen LogP contribution in [0.25, 0.3) is 0 Å². The molecule has 0 radical (unpaired) electrons. The lowest BCUT2D eigenvalue weighted by Crippen LogP contribution is -2.19. The van der Waals surface area contributed by atoms with Crippen molar-refractivity contribution < 1.29 is 9.84 Å². The van der Waals surface area contributed by atoms with Gasteiger partial charge in [-0.05, 0) is 38.0 Å². The monoisotopic (exact) mass is 285 g/mol. The summed E-state index contributed by atoms with van der Waals surface area (Å²) >= 11 is 0. The zero-order valence-corrected chi connectivity index (χ0v) is 13.1. The topological polar surface area (TPSA) is 41.5 Å². The van der Waals surface area contributed by atoms with E-state index < -0.39 is 0 Å². The molecule has 0 amide bonds. The highest BCUT2D eigenvalue weighted by molar-refractivity contribution is 5.45. The second kappa shape index (κ2) is 6.64. The van der Waals surface area contributed by atoms with Crippen molar-refractivity contribution in [3.8, 4) is 11.5 Å².